The molecule has 18 heavy (non-hydrogen) atoms. The monoisotopic (exact) mass is 246 g/mol. The average molecular weight is 246 g/mol. The zero-order valence-corrected chi connectivity index (χ0v) is 11.7. The summed E-state index contributed by atoms with van der Waals surface area (Å²) in [5.74, 6) is 0.926. The first-order valence-electron chi connectivity index (χ1n) is 6.59. The number of fused-ring (bicyclic) bond motifs is 1. The van der Waals surface area contributed by atoms with E-state index in [9.17, 15) is 0 Å². The number of nitrogens with two attached hydrogens (primary N) is 1. The molecule has 0 radical (unpaired) electrons. The Labute approximate surface area is 109 Å². The number of allylic oxidation sites excluding steroid dienone is 1. The van der Waals surface area contributed by atoms with Crippen LogP contribution in [-0.4, -0.2) is 19.7 Å². The van der Waals surface area contributed by atoms with E-state index in [1.807, 2.05) is 19.1 Å². The number of hydrogen-bond acceptors (Lipinski definition) is 3. The maximum atomic E-state index is 6.16. The smallest absolute Gasteiger partial charge is 0.143 e. The molecule has 0 aliphatic carbocycles. The van der Waals surface area contributed by atoms with Crippen molar-refractivity contribution in [2.45, 2.75) is 33.2 Å². The lowest BCUT2D eigenvalue weighted by molar-refractivity contribution is 0.340. The summed E-state index contributed by atoms with van der Waals surface area (Å²) in [7, 11) is 2.09. The molecule has 0 aromatic heterocycles. The van der Waals surface area contributed by atoms with Gasteiger partial charge in [-0.2, -0.15) is 0 Å². The fourth-order valence-electron chi connectivity index (χ4n) is 2.53. The molecule has 0 saturated heterocycles. The number of nitrogens with zero attached hydrogens (tertiary/aromatic N) is 1. The Balaban J connectivity index is 2.65. The topological polar surface area (TPSA) is 38.5 Å². The molecule has 0 amide bonds. The molecule has 1 unspecified atom stereocenters. The summed E-state index contributed by atoms with van der Waals surface area (Å²) in [6.45, 7) is 7.04. The van der Waals surface area contributed by atoms with Crippen molar-refractivity contribution >= 4 is 16.9 Å². The molecule has 1 aliphatic heterocycles. The Hall–Kier alpha value is -1.64. The second-order valence-electron chi connectivity index (χ2n) is 4.71. The SMILES string of the molecule is CCOc1ccc(N)c2c1N(C)C(C)C=C2CC. The van der Waals surface area contributed by atoms with Crippen LogP contribution in [0.15, 0.2) is 18.2 Å². The highest BCUT2D eigenvalue weighted by Gasteiger charge is 2.25. The average Bonchev–Trinajstić information content (AvgIpc) is 2.36. The number of hydrogen-bond donors (Lipinski definition) is 1. The molecule has 1 aromatic rings. The predicted octanol–water partition coefficient (Wildman–Crippen LogP) is 3.30. The number of rotatable bonds is 3. The van der Waals surface area contributed by atoms with Crippen LogP contribution in [0, 0.1) is 0 Å². The number of anilines is 2. The third-order valence-electron chi connectivity index (χ3n) is 3.58. The Morgan fingerprint density at radius 3 is 2.67 bits per heavy atom. The minimum absolute atomic E-state index is 0.369. The molecule has 1 aliphatic rings. The van der Waals surface area contributed by atoms with Gasteiger partial charge in [0.25, 0.3) is 0 Å². The van der Waals surface area contributed by atoms with Crippen molar-refractivity contribution in [2.75, 3.05) is 24.3 Å². The van der Waals surface area contributed by atoms with Crippen molar-refractivity contribution in [3.05, 3.63) is 23.8 Å². The molecule has 0 saturated carbocycles. The molecule has 2 N–H and O–H groups in total. The lowest BCUT2D eigenvalue weighted by atomic mass is 9.92. The number of benzene rings is 1. The van der Waals surface area contributed by atoms with Crippen molar-refractivity contribution in [1.82, 2.24) is 0 Å². The van der Waals surface area contributed by atoms with Gasteiger partial charge in [-0.1, -0.05) is 13.0 Å². The molecule has 98 valence electrons. The molecule has 0 fully saturated rings. The molecule has 0 bridgehead atoms. The van der Waals surface area contributed by atoms with Crippen LogP contribution in [0.3, 0.4) is 0 Å². The van der Waals surface area contributed by atoms with Crippen LogP contribution in [0.25, 0.3) is 5.57 Å². The lowest BCUT2D eigenvalue weighted by Gasteiger charge is -2.34. The van der Waals surface area contributed by atoms with E-state index in [0.717, 1.165) is 29.1 Å². The number of likely N-dealkylation sites (N-methyl/N-ethyl adjacent to an activating group) is 1. The van der Waals surface area contributed by atoms with Crippen LogP contribution < -0.4 is 15.4 Å². The van der Waals surface area contributed by atoms with Gasteiger partial charge in [0, 0.05) is 24.3 Å². The predicted molar refractivity (Wildman–Crippen MR) is 78.2 cm³/mol. The summed E-state index contributed by atoms with van der Waals surface area (Å²) in [6.07, 6.45) is 3.28. The highest BCUT2D eigenvalue weighted by molar-refractivity contribution is 5.90. The first-order valence-corrected chi connectivity index (χ1v) is 6.59. The van der Waals surface area contributed by atoms with Crippen LogP contribution in [-0.2, 0) is 0 Å². The van der Waals surface area contributed by atoms with E-state index in [4.69, 9.17) is 10.5 Å². The van der Waals surface area contributed by atoms with Gasteiger partial charge in [0.05, 0.1) is 12.3 Å². The number of nitrogen functional groups attached to an aromatic ring is 1. The standard InChI is InChI=1S/C15H22N2O/c1-5-11-9-10(3)17(4)15-13(18-6-2)8-7-12(16)14(11)15/h7-10H,5-6,16H2,1-4H3. The fourth-order valence-corrected chi connectivity index (χ4v) is 2.53. The van der Waals surface area contributed by atoms with Gasteiger partial charge >= 0.3 is 0 Å². The molecule has 1 atom stereocenters. The van der Waals surface area contributed by atoms with Crippen LogP contribution >= 0.6 is 0 Å². The lowest BCUT2D eigenvalue weighted by Crippen LogP contribution is -2.31. The summed E-state index contributed by atoms with van der Waals surface area (Å²) < 4.78 is 5.75. The van der Waals surface area contributed by atoms with Crippen molar-refractivity contribution in [2.24, 2.45) is 0 Å². The van der Waals surface area contributed by atoms with E-state index < -0.39 is 0 Å². The summed E-state index contributed by atoms with van der Waals surface area (Å²) >= 11 is 0. The van der Waals surface area contributed by atoms with Gasteiger partial charge in [0.2, 0.25) is 0 Å². The van der Waals surface area contributed by atoms with Crippen LogP contribution in [0.4, 0.5) is 11.4 Å². The molecule has 2 rings (SSSR count). The summed E-state index contributed by atoms with van der Waals surface area (Å²) in [4.78, 5) is 2.23. The highest BCUT2D eigenvalue weighted by Crippen LogP contribution is 2.44. The van der Waals surface area contributed by atoms with Gasteiger partial charge < -0.3 is 15.4 Å². The van der Waals surface area contributed by atoms with E-state index in [-0.39, 0.29) is 0 Å². The van der Waals surface area contributed by atoms with Gasteiger partial charge in [-0.3, -0.25) is 0 Å². The zero-order chi connectivity index (χ0) is 13.3. The highest BCUT2D eigenvalue weighted by atomic mass is 16.5. The van der Waals surface area contributed by atoms with Gasteiger partial charge in [-0.15, -0.1) is 0 Å². The van der Waals surface area contributed by atoms with Crippen molar-refractivity contribution in [3.8, 4) is 5.75 Å². The third kappa shape index (κ3) is 1.94. The van der Waals surface area contributed by atoms with Crippen molar-refractivity contribution in [3.63, 3.8) is 0 Å². The molecule has 1 heterocycles. The van der Waals surface area contributed by atoms with Gasteiger partial charge in [0.15, 0.2) is 0 Å². The molecular weight excluding hydrogens is 224 g/mol. The van der Waals surface area contributed by atoms with E-state index in [1.165, 1.54) is 5.57 Å². The van der Waals surface area contributed by atoms with Crippen LogP contribution in [0.5, 0.6) is 5.75 Å². The van der Waals surface area contributed by atoms with Gasteiger partial charge in [-0.25, -0.2) is 0 Å². The Morgan fingerprint density at radius 1 is 1.33 bits per heavy atom. The summed E-state index contributed by atoms with van der Waals surface area (Å²) in [5.41, 5.74) is 10.6. The van der Waals surface area contributed by atoms with Crippen LogP contribution in [0.2, 0.25) is 0 Å². The quantitative estimate of drug-likeness (QED) is 0.832. The minimum Gasteiger partial charge on any atom is -0.492 e. The largest absolute Gasteiger partial charge is 0.492 e. The van der Waals surface area contributed by atoms with E-state index >= 15 is 0 Å². The first kappa shape index (κ1) is 12.8. The third-order valence-corrected chi connectivity index (χ3v) is 3.58. The van der Waals surface area contributed by atoms with E-state index in [2.05, 4.69) is 31.9 Å². The Kier molecular flexibility index (Phi) is 3.50. The summed E-state index contributed by atoms with van der Waals surface area (Å²) in [5, 5.41) is 0. The van der Waals surface area contributed by atoms with Gasteiger partial charge in [0.1, 0.15) is 5.75 Å². The molecular formula is C15H22N2O. The van der Waals surface area contributed by atoms with Gasteiger partial charge in [-0.05, 0) is 38.0 Å². The van der Waals surface area contributed by atoms with E-state index in [1.54, 1.807) is 0 Å². The van der Waals surface area contributed by atoms with E-state index in [0.29, 0.717) is 12.6 Å². The first-order chi connectivity index (χ1) is 8.60. The normalized spacial score (nSPS) is 18.3. The Morgan fingerprint density at radius 2 is 2.06 bits per heavy atom. The van der Waals surface area contributed by atoms with Crippen molar-refractivity contribution in [1.29, 1.82) is 0 Å². The Bertz CT molecular complexity index is 480. The zero-order valence-electron chi connectivity index (χ0n) is 11.7. The fraction of sp³-hybridized carbons (Fsp3) is 0.467. The van der Waals surface area contributed by atoms with Crippen LogP contribution in [0.1, 0.15) is 32.8 Å². The maximum absolute atomic E-state index is 6.16. The molecule has 1 aromatic carbocycles. The summed E-state index contributed by atoms with van der Waals surface area (Å²) in [6, 6.07) is 4.28. The molecule has 0 spiro atoms. The minimum atomic E-state index is 0.369. The molecule has 3 nitrogen and oxygen atoms in total. The van der Waals surface area contributed by atoms with Crippen molar-refractivity contribution < 1.29 is 4.74 Å². The maximum Gasteiger partial charge on any atom is 0.143 e. The number of ether oxygens (including phenoxy) is 1. The second kappa shape index (κ2) is 4.92. The molecule has 3 heteroatoms. The second-order valence-corrected chi connectivity index (χ2v) is 4.71.